The van der Waals surface area contributed by atoms with Gasteiger partial charge in [0.05, 0.1) is 25.3 Å². The van der Waals surface area contributed by atoms with E-state index in [0.29, 0.717) is 32.8 Å². The number of nitrogens with zero attached hydrogens (tertiary/aromatic N) is 1. The van der Waals surface area contributed by atoms with Crippen molar-refractivity contribution in [2.45, 2.75) is 0 Å². The molecule has 0 fully saturated rings. The predicted octanol–water partition coefficient (Wildman–Crippen LogP) is 2.94. The van der Waals surface area contributed by atoms with Gasteiger partial charge < -0.3 is 14.8 Å². The van der Waals surface area contributed by atoms with E-state index in [1.165, 1.54) is 33.4 Å². The minimum Gasteiger partial charge on any atom is -0.495 e. The average Bonchev–Trinajstić information content (AvgIpc) is 2.86. The van der Waals surface area contributed by atoms with Gasteiger partial charge in [0.15, 0.2) is 0 Å². The van der Waals surface area contributed by atoms with Crippen LogP contribution in [-0.4, -0.2) is 43.9 Å². The van der Waals surface area contributed by atoms with E-state index in [1.807, 2.05) is 0 Å². The molecule has 1 N–H and O–H groups in total. The number of hydrogen-bond acceptors (Lipinski definition) is 5. The van der Waals surface area contributed by atoms with Crippen molar-refractivity contribution < 1.29 is 23.9 Å². The number of hydrogen-bond donors (Lipinski definition) is 1. The lowest BCUT2D eigenvalue weighted by Crippen LogP contribution is -2.24. The molecule has 1 heterocycles. The number of anilines is 1. The highest BCUT2D eigenvalue weighted by molar-refractivity contribution is 9.10. The summed E-state index contributed by atoms with van der Waals surface area (Å²) in [6.45, 7) is 0. The molecular formula is C18H15BrN2O5. The van der Waals surface area contributed by atoms with Crippen molar-refractivity contribution in [1.29, 1.82) is 0 Å². The standard InChI is InChI=1S/C18H15BrN2O5/c1-21-17(23)11-5-4-10(8-12(11)18(21)24)20-16(22)9-6-13(25-2)15(19)14(7-9)26-3/h4-8H,1-3H3,(H,20,22). The number of imide groups is 1. The Bertz CT molecular complexity index is 916. The maximum Gasteiger partial charge on any atom is 0.261 e. The summed E-state index contributed by atoms with van der Waals surface area (Å²) in [5, 5.41) is 2.71. The Kier molecular flexibility index (Phi) is 4.69. The van der Waals surface area contributed by atoms with Crippen molar-refractivity contribution in [1.82, 2.24) is 4.90 Å². The zero-order valence-corrected chi connectivity index (χ0v) is 15.8. The fourth-order valence-electron chi connectivity index (χ4n) is 2.64. The lowest BCUT2D eigenvalue weighted by Gasteiger charge is -2.12. The smallest absolute Gasteiger partial charge is 0.261 e. The average molecular weight is 419 g/mol. The van der Waals surface area contributed by atoms with Crippen molar-refractivity contribution >= 4 is 39.3 Å². The van der Waals surface area contributed by atoms with Gasteiger partial charge in [-0.05, 0) is 46.3 Å². The molecule has 134 valence electrons. The van der Waals surface area contributed by atoms with Gasteiger partial charge in [-0.2, -0.15) is 0 Å². The summed E-state index contributed by atoms with van der Waals surface area (Å²) in [5.41, 5.74) is 1.32. The molecule has 0 unspecified atom stereocenters. The molecule has 0 spiro atoms. The molecule has 0 atom stereocenters. The third-order valence-corrected chi connectivity index (χ3v) is 4.84. The predicted molar refractivity (Wildman–Crippen MR) is 98.1 cm³/mol. The second-order valence-corrected chi connectivity index (χ2v) is 6.37. The third kappa shape index (κ3) is 2.92. The van der Waals surface area contributed by atoms with Crippen molar-refractivity contribution in [2.24, 2.45) is 0 Å². The van der Waals surface area contributed by atoms with Crippen LogP contribution in [0.15, 0.2) is 34.8 Å². The van der Waals surface area contributed by atoms with Crippen LogP contribution in [0.25, 0.3) is 0 Å². The summed E-state index contributed by atoms with van der Waals surface area (Å²) in [5.74, 6) is -0.255. The molecule has 7 nitrogen and oxygen atoms in total. The topological polar surface area (TPSA) is 84.9 Å². The normalized spacial score (nSPS) is 12.8. The van der Waals surface area contributed by atoms with E-state index in [9.17, 15) is 14.4 Å². The van der Waals surface area contributed by atoms with Crippen LogP contribution < -0.4 is 14.8 Å². The van der Waals surface area contributed by atoms with Gasteiger partial charge in [-0.15, -0.1) is 0 Å². The van der Waals surface area contributed by atoms with Crippen LogP contribution in [0.1, 0.15) is 31.1 Å². The molecule has 0 aromatic heterocycles. The number of nitrogens with one attached hydrogen (secondary N) is 1. The number of ether oxygens (including phenoxy) is 2. The largest absolute Gasteiger partial charge is 0.495 e. The zero-order chi connectivity index (χ0) is 19.0. The van der Waals surface area contributed by atoms with Crippen LogP contribution in [-0.2, 0) is 0 Å². The van der Waals surface area contributed by atoms with Crippen molar-refractivity contribution in [3.05, 3.63) is 51.5 Å². The maximum atomic E-state index is 12.6. The van der Waals surface area contributed by atoms with Crippen molar-refractivity contribution in [3.8, 4) is 11.5 Å². The Morgan fingerprint density at radius 2 is 1.58 bits per heavy atom. The highest BCUT2D eigenvalue weighted by atomic mass is 79.9. The minimum absolute atomic E-state index is 0.265. The molecular weight excluding hydrogens is 404 g/mol. The Hall–Kier alpha value is -2.87. The molecule has 2 aromatic carbocycles. The van der Waals surface area contributed by atoms with Crippen LogP contribution in [0.4, 0.5) is 5.69 Å². The van der Waals surface area contributed by atoms with E-state index < -0.39 is 11.8 Å². The molecule has 0 saturated carbocycles. The van der Waals surface area contributed by atoms with Crippen LogP contribution in [0.5, 0.6) is 11.5 Å². The highest BCUT2D eigenvalue weighted by Crippen LogP contribution is 2.36. The number of carbonyl (C=O) groups is 3. The molecule has 26 heavy (non-hydrogen) atoms. The molecule has 1 aliphatic rings. The van der Waals surface area contributed by atoms with Gasteiger partial charge in [0.1, 0.15) is 16.0 Å². The first kappa shape index (κ1) is 17.9. The quantitative estimate of drug-likeness (QED) is 0.771. The fourth-order valence-corrected chi connectivity index (χ4v) is 3.20. The number of rotatable bonds is 4. The number of methoxy groups -OCH3 is 2. The number of amides is 3. The number of carbonyl (C=O) groups excluding carboxylic acids is 3. The summed E-state index contributed by atoms with van der Waals surface area (Å²) < 4.78 is 11.1. The fraction of sp³-hybridized carbons (Fsp3) is 0.167. The Morgan fingerprint density at radius 1 is 1.00 bits per heavy atom. The van der Waals surface area contributed by atoms with Gasteiger partial charge in [-0.1, -0.05) is 0 Å². The van der Waals surface area contributed by atoms with Crippen LogP contribution in [0, 0.1) is 0 Å². The van der Waals surface area contributed by atoms with Crippen LogP contribution in [0.3, 0.4) is 0 Å². The molecule has 3 rings (SSSR count). The summed E-state index contributed by atoms with van der Waals surface area (Å²) in [4.78, 5) is 37.6. The molecule has 0 bridgehead atoms. The summed E-state index contributed by atoms with van der Waals surface area (Å²) in [6, 6.07) is 7.73. The zero-order valence-electron chi connectivity index (χ0n) is 14.3. The number of fused-ring (bicyclic) bond motifs is 1. The Balaban J connectivity index is 1.90. The van der Waals surface area contributed by atoms with Gasteiger partial charge in [-0.3, -0.25) is 19.3 Å². The van der Waals surface area contributed by atoms with Crippen molar-refractivity contribution in [2.75, 3.05) is 26.6 Å². The molecule has 3 amide bonds. The molecule has 2 aromatic rings. The maximum absolute atomic E-state index is 12.6. The molecule has 0 saturated heterocycles. The second kappa shape index (κ2) is 6.80. The molecule has 8 heteroatoms. The van der Waals surface area contributed by atoms with E-state index >= 15 is 0 Å². The Morgan fingerprint density at radius 3 is 2.15 bits per heavy atom. The first-order valence-electron chi connectivity index (χ1n) is 7.56. The lowest BCUT2D eigenvalue weighted by atomic mass is 10.1. The molecule has 0 radical (unpaired) electrons. The van der Waals surface area contributed by atoms with Gasteiger partial charge in [0.25, 0.3) is 17.7 Å². The second-order valence-electron chi connectivity index (χ2n) is 5.58. The van der Waals surface area contributed by atoms with E-state index in [4.69, 9.17) is 9.47 Å². The number of benzene rings is 2. The Labute approximate surface area is 158 Å². The monoisotopic (exact) mass is 418 g/mol. The molecule has 1 aliphatic heterocycles. The van der Waals surface area contributed by atoms with E-state index in [0.717, 1.165) is 4.90 Å². The van der Waals surface area contributed by atoms with Gasteiger partial charge in [0.2, 0.25) is 0 Å². The molecule has 0 aliphatic carbocycles. The summed E-state index contributed by atoms with van der Waals surface area (Å²) >= 11 is 3.35. The van der Waals surface area contributed by atoms with Gasteiger partial charge >= 0.3 is 0 Å². The minimum atomic E-state index is -0.404. The first-order valence-corrected chi connectivity index (χ1v) is 8.36. The highest BCUT2D eigenvalue weighted by Gasteiger charge is 2.32. The van der Waals surface area contributed by atoms with Crippen molar-refractivity contribution in [3.63, 3.8) is 0 Å². The van der Waals surface area contributed by atoms with Crippen LogP contribution in [0.2, 0.25) is 0 Å². The van der Waals surface area contributed by atoms with E-state index in [1.54, 1.807) is 18.2 Å². The SMILES string of the molecule is COc1cc(C(=O)Nc2ccc3c(c2)C(=O)N(C)C3=O)cc(OC)c1Br. The van der Waals surface area contributed by atoms with Gasteiger partial charge in [-0.25, -0.2) is 0 Å². The first-order chi connectivity index (χ1) is 12.4. The van der Waals surface area contributed by atoms with E-state index in [2.05, 4.69) is 21.2 Å². The van der Waals surface area contributed by atoms with E-state index in [-0.39, 0.29) is 11.5 Å². The summed E-state index contributed by atoms with van der Waals surface area (Å²) in [7, 11) is 4.39. The summed E-state index contributed by atoms with van der Waals surface area (Å²) in [6.07, 6.45) is 0. The van der Waals surface area contributed by atoms with Gasteiger partial charge in [0, 0.05) is 18.3 Å². The third-order valence-electron chi connectivity index (χ3n) is 4.06. The number of halogens is 1. The lowest BCUT2D eigenvalue weighted by molar-refractivity contribution is 0.0692. The van der Waals surface area contributed by atoms with Crippen LogP contribution >= 0.6 is 15.9 Å².